The van der Waals surface area contributed by atoms with E-state index in [0.29, 0.717) is 32.6 Å². The average molecular weight is 300 g/mol. The molecule has 0 aromatic heterocycles. The van der Waals surface area contributed by atoms with Crippen LogP contribution in [0.4, 0.5) is 4.79 Å². The maximum Gasteiger partial charge on any atom is 0.410 e. The van der Waals surface area contributed by atoms with Crippen molar-refractivity contribution in [1.29, 1.82) is 0 Å². The second-order valence-electron chi connectivity index (χ2n) is 6.81. The molecule has 21 heavy (non-hydrogen) atoms. The molecule has 3 N–H and O–H groups in total. The molecule has 1 saturated heterocycles. The van der Waals surface area contributed by atoms with Gasteiger partial charge in [0.05, 0.1) is 19.3 Å². The summed E-state index contributed by atoms with van der Waals surface area (Å²) in [6.07, 6.45) is 0.946. The lowest BCUT2D eigenvalue weighted by Gasteiger charge is -2.42. The molecular weight excluding hydrogens is 276 g/mol. The van der Waals surface area contributed by atoms with Crippen LogP contribution in [-0.2, 0) is 14.3 Å². The van der Waals surface area contributed by atoms with Gasteiger partial charge in [-0.1, -0.05) is 0 Å². The Morgan fingerprint density at radius 2 is 2.05 bits per heavy atom. The van der Waals surface area contributed by atoms with Gasteiger partial charge < -0.3 is 20.3 Å². The molecule has 1 amide bonds. The highest BCUT2D eigenvalue weighted by molar-refractivity contribution is 5.76. The predicted octanol–water partition coefficient (Wildman–Crippen LogP) is 0.814. The molecule has 1 heterocycles. The van der Waals surface area contributed by atoms with E-state index < -0.39 is 29.1 Å². The summed E-state index contributed by atoms with van der Waals surface area (Å²) >= 11 is 0. The minimum atomic E-state index is -1.04. The number of ether oxygens (including phenoxy) is 2. The van der Waals surface area contributed by atoms with E-state index in [4.69, 9.17) is 15.2 Å². The fraction of sp³-hybridized carbons (Fsp3) is 0.857. The van der Waals surface area contributed by atoms with Gasteiger partial charge in [0.15, 0.2) is 0 Å². The molecule has 7 nitrogen and oxygen atoms in total. The number of hydrogen-bond acceptors (Lipinski definition) is 5. The monoisotopic (exact) mass is 300 g/mol. The van der Waals surface area contributed by atoms with Crippen LogP contribution in [0.5, 0.6) is 0 Å². The van der Waals surface area contributed by atoms with E-state index in [0.717, 1.165) is 0 Å². The molecule has 0 spiro atoms. The average Bonchev–Trinajstić information content (AvgIpc) is 3.17. The van der Waals surface area contributed by atoms with Crippen molar-refractivity contribution in [3.8, 4) is 0 Å². The summed E-state index contributed by atoms with van der Waals surface area (Å²) in [6, 6.07) is -1.33. The van der Waals surface area contributed by atoms with Crippen molar-refractivity contribution in [1.82, 2.24) is 4.90 Å². The smallest absolute Gasteiger partial charge is 0.410 e. The number of aliphatic carboxylic acids is 1. The van der Waals surface area contributed by atoms with Gasteiger partial charge in [0, 0.05) is 12.0 Å². The minimum absolute atomic E-state index is 0.306. The first-order chi connectivity index (χ1) is 9.67. The third-order valence-electron chi connectivity index (χ3n) is 4.13. The highest BCUT2D eigenvalue weighted by Crippen LogP contribution is 2.53. The largest absolute Gasteiger partial charge is 0.480 e. The topological polar surface area (TPSA) is 102 Å². The van der Waals surface area contributed by atoms with Crippen LogP contribution < -0.4 is 5.73 Å². The summed E-state index contributed by atoms with van der Waals surface area (Å²) in [4.78, 5) is 25.2. The summed E-state index contributed by atoms with van der Waals surface area (Å²) < 4.78 is 10.9. The van der Waals surface area contributed by atoms with Crippen LogP contribution in [0.25, 0.3) is 0 Å². The number of amides is 1. The van der Waals surface area contributed by atoms with Crippen molar-refractivity contribution >= 4 is 12.1 Å². The Bertz CT molecular complexity index is 428. The van der Waals surface area contributed by atoms with E-state index in [9.17, 15) is 14.7 Å². The van der Waals surface area contributed by atoms with Crippen molar-refractivity contribution in [3.05, 3.63) is 0 Å². The van der Waals surface area contributed by atoms with Gasteiger partial charge in [0.2, 0.25) is 0 Å². The van der Waals surface area contributed by atoms with E-state index in [1.165, 1.54) is 0 Å². The Labute approximate surface area is 124 Å². The van der Waals surface area contributed by atoms with E-state index in [1.54, 1.807) is 25.7 Å². The van der Waals surface area contributed by atoms with Crippen LogP contribution in [0.1, 0.15) is 33.6 Å². The molecule has 2 rings (SSSR count). The quantitative estimate of drug-likeness (QED) is 0.800. The van der Waals surface area contributed by atoms with Crippen LogP contribution in [0, 0.1) is 5.41 Å². The van der Waals surface area contributed by atoms with Crippen molar-refractivity contribution in [2.24, 2.45) is 11.1 Å². The number of rotatable bonds is 3. The molecule has 1 aliphatic carbocycles. The third-order valence-corrected chi connectivity index (χ3v) is 4.13. The number of carbonyl (C=O) groups excluding carboxylic acids is 1. The highest BCUT2D eigenvalue weighted by Gasteiger charge is 2.59. The summed E-state index contributed by atoms with van der Waals surface area (Å²) in [5, 5.41) is 9.20. The standard InChI is InChI=1S/C14H24N2O5/c1-13(2,3)21-12(19)16-6-7-20-8-9(16)14(4-5-14)10(15)11(17)18/h9-10H,4-8,15H2,1-3H3,(H,17,18). The molecule has 0 aromatic rings. The second-order valence-corrected chi connectivity index (χ2v) is 6.81. The maximum absolute atomic E-state index is 12.4. The van der Waals surface area contributed by atoms with Crippen LogP contribution in [0.2, 0.25) is 0 Å². The number of hydrogen-bond donors (Lipinski definition) is 2. The molecule has 7 heteroatoms. The van der Waals surface area contributed by atoms with Crippen molar-refractivity contribution in [2.75, 3.05) is 19.8 Å². The summed E-state index contributed by atoms with van der Waals surface area (Å²) in [5.74, 6) is -1.04. The molecule has 2 unspecified atom stereocenters. The normalized spacial score (nSPS) is 26.1. The fourth-order valence-electron chi connectivity index (χ4n) is 2.86. The molecule has 120 valence electrons. The van der Waals surface area contributed by atoms with E-state index in [1.807, 2.05) is 0 Å². The Hall–Kier alpha value is -1.34. The Morgan fingerprint density at radius 3 is 2.52 bits per heavy atom. The summed E-state index contributed by atoms with van der Waals surface area (Å²) in [6.45, 7) is 6.53. The van der Waals surface area contributed by atoms with Crippen molar-refractivity contribution in [3.63, 3.8) is 0 Å². The van der Waals surface area contributed by atoms with E-state index in [2.05, 4.69) is 0 Å². The first-order valence-electron chi connectivity index (χ1n) is 7.23. The predicted molar refractivity (Wildman–Crippen MR) is 74.8 cm³/mol. The highest BCUT2D eigenvalue weighted by atomic mass is 16.6. The lowest BCUT2D eigenvalue weighted by Crippen LogP contribution is -2.59. The lowest BCUT2D eigenvalue weighted by molar-refractivity contribution is -0.142. The number of carboxylic acids is 1. The van der Waals surface area contributed by atoms with Crippen LogP contribution in [0.3, 0.4) is 0 Å². The molecule has 2 atom stereocenters. The number of nitrogens with two attached hydrogens (primary N) is 1. The van der Waals surface area contributed by atoms with E-state index in [-0.39, 0.29) is 6.04 Å². The fourth-order valence-corrected chi connectivity index (χ4v) is 2.86. The van der Waals surface area contributed by atoms with E-state index >= 15 is 0 Å². The Morgan fingerprint density at radius 1 is 1.43 bits per heavy atom. The molecular formula is C14H24N2O5. The summed E-state index contributed by atoms with van der Waals surface area (Å²) in [5.41, 5.74) is 4.66. The molecule has 2 aliphatic rings. The molecule has 0 radical (unpaired) electrons. The van der Waals surface area contributed by atoms with Gasteiger partial charge in [-0.05, 0) is 33.6 Å². The SMILES string of the molecule is CC(C)(C)OC(=O)N1CCOCC1C1(C(N)C(=O)O)CC1. The van der Waals surface area contributed by atoms with Gasteiger partial charge in [-0.3, -0.25) is 9.69 Å². The molecule has 0 bridgehead atoms. The van der Waals surface area contributed by atoms with Gasteiger partial charge in [-0.15, -0.1) is 0 Å². The number of carbonyl (C=O) groups is 2. The van der Waals surface area contributed by atoms with Gasteiger partial charge in [0.25, 0.3) is 0 Å². The van der Waals surface area contributed by atoms with Crippen molar-refractivity contribution in [2.45, 2.75) is 51.3 Å². The summed E-state index contributed by atoms with van der Waals surface area (Å²) in [7, 11) is 0. The molecule has 1 aliphatic heterocycles. The zero-order valence-electron chi connectivity index (χ0n) is 12.8. The number of nitrogens with zero attached hydrogens (tertiary/aromatic N) is 1. The second kappa shape index (κ2) is 5.46. The van der Waals surface area contributed by atoms with Crippen LogP contribution >= 0.6 is 0 Å². The first kappa shape index (κ1) is 16.0. The Kier molecular flexibility index (Phi) is 4.17. The zero-order chi connectivity index (χ0) is 15.8. The maximum atomic E-state index is 12.4. The van der Waals surface area contributed by atoms with Gasteiger partial charge in [-0.25, -0.2) is 4.79 Å². The van der Waals surface area contributed by atoms with Gasteiger partial charge in [0.1, 0.15) is 11.6 Å². The molecule has 2 fully saturated rings. The third kappa shape index (κ3) is 3.29. The zero-order valence-corrected chi connectivity index (χ0v) is 12.8. The van der Waals surface area contributed by atoms with Crippen molar-refractivity contribution < 1.29 is 24.2 Å². The Balaban J connectivity index is 2.16. The lowest BCUT2D eigenvalue weighted by atomic mass is 9.87. The minimum Gasteiger partial charge on any atom is -0.480 e. The molecule has 1 saturated carbocycles. The van der Waals surface area contributed by atoms with Crippen LogP contribution in [-0.4, -0.2) is 59.5 Å². The molecule has 0 aromatic carbocycles. The number of morpholine rings is 1. The van der Waals surface area contributed by atoms with Gasteiger partial charge >= 0.3 is 12.1 Å². The van der Waals surface area contributed by atoms with Gasteiger partial charge in [-0.2, -0.15) is 0 Å². The first-order valence-corrected chi connectivity index (χ1v) is 7.23. The number of carboxylic acid groups (broad SMARTS) is 1. The van der Waals surface area contributed by atoms with Crippen LogP contribution in [0.15, 0.2) is 0 Å².